The number of thiazole rings is 1. The first-order valence-corrected chi connectivity index (χ1v) is 11.8. The molecule has 4 aromatic rings. The number of aromatic hydroxyl groups is 1. The Morgan fingerprint density at radius 2 is 1.79 bits per heavy atom. The Morgan fingerprint density at radius 3 is 2.38 bits per heavy atom. The van der Waals surface area contributed by atoms with Crippen LogP contribution in [0.25, 0.3) is 4.96 Å². The van der Waals surface area contributed by atoms with Gasteiger partial charge in [0.05, 0.1) is 15.8 Å². The summed E-state index contributed by atoms with van der Waals surface area (Å²) < 4.78 is 14.8. The van der Waals surface area contributed by atoms with Crippen LogP contribution in [0.5, 0.6) is 5.88 Å². The lowest BCUT2D eigenvalue weighted by molar-refractivity contribution is -0.384. The molecule has 2 aromatic carbocycles. The number of nitro groups is 1. The van der Waals surface area contributed by atoms with Crippen LogP contribution in [0.4, 0.5) is 15.8 Å². The van der Waals surface area contributed by atoms with Gasteiger partial charge < -0.3 is 10.0 Å². The fraction of sp³-hybridized carbons (Fsp3) is 0.304. The highest BCUT2D eigenvalue weighted by Crippen LogP contribution is 2.40. The maximum absolute atomic E-state index is 13.3. The van der Waals surface area contributed by atoms with Crippen molar-refractivity contribution in [3.8, 4) is 5.88 Å². The SMILES string of the molecule is CCc1nc2sc(C(c3ccc([N+](=O)[O-])cc3)N3CCN(c4ccc(F)cc4)CC3)c(O)n2n1. The van der Waals surface area contributed by atoms with Gasteiger partial charge in [0.15, 0.2) is 5.82 Å². The number of halogens is 1. The second-order valence-corrected chi connectivity index (χ2v) is 9.13. The largest absolute Gasteiger partial charge is 0.492 e. The third-order valence-electron chi connectivity index (χ3n) is 6.10. The molecule has 0 amide bonds. The number of nitro benzene ring substituents is 1. The second kappa shape index (κ2) is 8.99. The minimum atomic E-state index is -0.423. The van der Waals surface area contributed by atoms with Crippen LogP contribution in [0, 0.1) is 15.9 Å². The fourth-order valence-corrected chi connectivity index (χ4v) is 5.45. The zero-order valence-corrected chi connectivity index (χ0v) is 19.3. The van der Waals surface area contributed by atoms with Crippen LogP contribution in [0.3, 0.4) is 0 Å². The molecule has 1 saturated heterocycles. The monoisotopic (exact) mass is 482 g/mol. The average molecular weight is 483 g/mol. The standard InChI is InChI=1S/C23H23FN6O3S/c1-2-19-25-23-29(26-19)22(31)21(34-23)20(15-3-7-18(8-4-15)30(32)33)28-13-11-27(12-14-28)17-9-5-16(24)6-10-17/h3-10,20,31H,2,11-14H2,1H3. The molecule has 0 saturated carbocycles. The number of piperazine rings is 1. The van der Waals surface area contributed by atoms with E-state index in [0.29, 0.717) is 35.2 Å². The van der Waals surface area contributed by atoms with Gasteiger partial charge in [-0.1, -0.05) is 30.4 Å². The topological polar surface area (TPSA) is 100 Å². The summed E-state index contributed by atoms with van der Waals surface area (Å²) in [4.78, 5) is 21.0. The first-order chi connectivity index (χ1) is 16.4. The third-order valence-corrected chi connectivity index (χ3v) is 7.17. The molecule has 1 fully saturated rings. The van der Waals surface area contributed by atoms with Crippen molar-refractivity contribution >= 4 is 27.7 Å². The van der Waals surface area contributed by atoms with Crippen molar-refractivity contribution in [3.63, 3.8) is 0 Å². The van der Waals surface area contributed by atoms with E-state index >= 15 is 0 Å². The van der Waals surface area contributed by atoms with E-state index in [4.69, 9.17) is 0 Å². The summed E-state index contributed by atoms with van der Waals surface area (Å²) in [5, 5.41) is 26.6. The highest BCUT2D eigenvalue weighted by Gasteiger charge is 2.32. The maximum Gasteiger partial charge on any atom is 0.269 e. The molecule has 1 unspecified atom stereocenters. The molecule has 34 heavy (non-hydrogen) atoms. The van der Waals surface area contributed by atoms with Gasteiger partial charge in [-0.2, -0.15) is 4.52 Å². The fourth-order valence-electron chi connectivity index (χ4n) is 4.32. The second-order valence-electron chi connectivity index (χ2n) is 8.12. The van der Waals surface area contributed by atoms with Crippen LogP contribution in [0.2, 0.25) is 0 Å². The highest BCUT2D eigenvalue weighted by atomic mass is 32.1. The van der Waals surface area contributed by atoms with Crippen LogP contribution in [-0.2, 0) is 6.42 Å². The molecule has 1 aliphatic rings. The van der Waals surface area contributed by atoms with E-state index in [1.165, 1.54) is 40.1 Å². The Labute approximate surface area is 198 Å². The Bertz CT molecular complexity index is 1310. The summed E-state index contributed by atoms with van der Waals surface area (Å²) in [7, 11) is 0. The predicted molar refractivity (Wildman–Crippen MR) is 127 cm³/mol. The Morgan fingerprint density at radius 1 is 1.12 bits per heavy atom. The molecular formula is C23H23FN6O3S. The average Bonchev–Trinajstić information content (AvgIpc) is 3.39. The van der Waals surface area contributed by atoms with Crippen LogP contribution in [-0.4, -0.2) is 55.7 Å². The number of hydrogen-bond donors (Lipinski definition) is 1. The number of non-ortho nitro benzene ring substituents is 1. The van der Waals surface area contributed by atoms with Crippen molar-refractivity contribution in [2.24, 2.45) is 0 Å². The van der Waals surface area contributed by atoms with Crippen LogP contribution < -0.4 is 4.90 Å². The van der Waals surface area contributed by atoms with E-state index in [9.17, 15) is 19.6 Å². The van der Waals surface area contributed by atoms with Gasteiger partial charge in [0.25, 0.3) is 5.69 Å². The number of hydrogen-bond acceptors (Lipinski definition) is 8. The number of rotatable bonds is 6. The van der Waals surface area contributed by atoms with Crippen LogP contribution in [0.15, 0.2) is 48.5 Å². The van der Waals surface area contributed by atoms with Gasteiger partial charge in [-0.25, -0.2) is 9.37 Å². The zero-order valence-electron chi connectivity index (χ0n) is 18.5. The van der Waals surface area contributed by atoms with Crippen LogP contribution >= 0.6 is 11.3 Å². The van der Waals surface area contributed by atoms with E-state index < -0.39 is 4.92 Å². The minimum absolute atomic E-state index is 0.0167. The summed E-state index contributed by atoms with van der Waals surface area (Å²) >= 11 is 1.37. The first-order valence-electron chi connectivity index (χ1n) is 11.0. The Kier molecular flexibility index (Phi) is 5.88. The lowest BCUT2D eigenvalue weighted by Crippen LogP contribution is -2.47. The summed E-state index contributed by atoms with van der Waals surface area (Å²) in [5.41, 5.74) is 1.82. The smallest absolute Gasteiger partial charge is 0.269 e. The van der Waals surface area contributed by atoms with Gasteiger partial charge in [0.1, 0.15) is 5.82 Å². The lowest BCUT2D eigenvalue weighted by Gasteiger charge is -2.40. The molecule has 0 spiro atoms. The van der Waals surface area contributed by atoms with Crippen LogP contribution in [0.1, 0.15) is 29.2 Å². The van der Waals surface area contributed by atoms with Crippen molar-refractivity contribution in [3.05, 3.63) is 80.7 Å². The van der Waals surface area contributed by atoms with Gasteiger partial charge in [0, 0.05) is 50.4 Å². The molecule has 1 aliphatic heterocycles. The van der Waals surface area contributed by atoms with Crippen molar-refractivity contribution in [1.29, 1.82) is 0 Å². The normalized spacial score (nSPS) is 15.6. The van der Waals surface area contributed by atoms with E-state index in [2.05, 4.69) is 19.9 Å². The molecule has 1 atom stereocenters. The Balaban J connectivity index is 1.47. The molecular weight excluding hydrogens is 459 g/mol. The molecule has 176 valence electrons. The number of fused-ring (bicyclic) bond motifs is 1. The van der Waals surface area contributed by atoms with E-state index in [1.807, 2.05) is 6.92 Å². The molecule has 0 bridgehead atoms. The van der Waals surface area contributed by atoms with Crippen molar-refractivity contribution in [1.82, 2.24) is 19.5 Å². The number of anilines is 1. The molecule has 11 heteroatoms. The zero-order chi connectivity index (χ0) is 23.8. The van der Waals surface area contributed by atoms with Gasteiger partial charge in [-0.05, 0) is 29.8 Å². The summed E-state index contributed by atoms with van der Waals surface area (Å²) in [6.45, 7) is 4.77. The van der Waals surface area contributed by atoms with Gasteiger partial charge >= 0.3 is 0 Å². The van der Waals surface area contributed by atoms with Gasteiger partial charge in [-0.3, -0.25) is 15.0 Å². The van der Waals surface area contributed by atoms with Crippen molar-refractivity contribution in [2.45, 2.75) is 19.4 Å². The summed E-state index contributed by atoms with van der Waals surface area (Å²) in [5.74, 6) is 0.433. The van der Waals surface area contributed by atoms with Crippen molar-refractivity contribution in [2.75, 3.05) is 31.1 Å². The molecule has 3 heterocycles. The van der Waals surface area contributed by atoms with E-state index in [1.54, 1.807) is 24.3 Å². The Hall–Kier alpha value is -3.57. The molecule has 2 aromatic heterocycles. The number of nitrogens with zero attached hydrogens (tertiary/aromatic N) is 6. The number of benzene rings is 2. The highest BCUT2D eigenvalue weighted by molar-refractivity contribution is 7.17. The quantitative estimate of drug-likeness (QED) is 0.327. The predicted octanol–water partition coefficient (Wildman–Crippen LogP) is 4.02. The van der Waals surface area contributed by atoms with Crippen molar-refractivity contribution < 1.29 is 14.4 Å². The molecule has 9 nitrogen and oxygen atoms in total. The van der Waals surface area contributed by atoms with Gasteiger partial charge in [-0.15, -0.1) is 5.10 Å². The maximum atomic E-state index is 13.3. The number of aryl methyl sites for hydroxylation is 1. The van der Waals surface area contributed by atoms with Gasteiger partial charge in [0.2, 0.25) is 10.8 Å². The molecule has 0 radical (unpaired) electrons. The minimum Gasteiger partial charge on any atom is -0.492 e. The first kappa shape index (κ1) is 22.2. The number of aromatic nitrogens is 3. The lowest BCUT2D eigenvalue weighted by atomic mass is 10.0. The molecule has 5 rings (SSSR count). The van der Waals surface area contributed by atoms with E-state index in [-0.39, 0.29) is 23.4 Å². The van der Waals surface area contributed by atoms with E-state index in [0.717, 1.165) is 24.3 Å². The third kappa shape index (κ3) is 4.08. The molecule has 0 aliphatic carbocycles. The molecule has 1 N–H and O–H groups in total. The summed E-state index contributed by atoms with van der Waals surface area (Å²) in [6.07, 6.45) is 0.667. The summed E-state index contributed by atoms with van der Waals surface area (Å²) in [6, 6.07) is 12.6.